The van der Waals surface area contributed by atoms with Gasteiger partial charge < -0.3 is 0 Å². The summed E-state index contributed by atoms with van der Waals surface area (Å²) in [5.74, 6) is 1.44. The largest absolute Gasteiger partial charge is 0.268 e. The van der Waals surface area contributed by atoms with Crippen LogP contribution in [0.25, 0.3) is 0 Å². The highest BCUT2D eigenvalue weighted by Crippen LogP contribution is 2.43. The van der Waals surface area contributed by atoms with Gasteiger partial charge in [-0.05, 0) is 34.7 Å². The molecule has 1 saturated carbocycles. The van der Waals surface area contributed by atoms with E-state index in [0.717, 1.165) is 12.5 Å². The fourth-order valence-electron chi connectivity index (χ4n) is 1.63. The highest BCUT2D eigenvalue weighted by atomic mass is 79.9. The van der Waals surface area contributed by atoms with Crippen LogP contribution in [0.2, 0.25) is 0 Å². The zero-order valence-corrected chi connectivity index (χ0v) is 9.71. The Morgan fingerprint density at radius 2 is 2.31 bits per heavy atom. The van der Waals surface area contributed by atoms with Crippen molar-refractivity contribution in [2.45, 2.75) is 39.2 Å². The van der Waals surface area contributed by atoms with Crippen LogP contribution in [0.5, 0.6) is 0 Å². The Morgan fingerprint density at radius 1 is 1.62 bits per heavy atom. The van der Waals surface area contributed by atoms with E-state index in [4.69, 9.17) is 0 Å². The van der Waals surface area contributed by atoms with Gasteiger partial charge in [0.15, 0.2) is 0 Å². The molecule has 0 amide bonds. The van der Waals surface area contributed by atoms with Gasteiger partial charge in [-0.1, -0.05) is 13.8 Å². The zero-order chi connectivity index (χ0) is 9.42. The number of aromatic nitrogens is 2. The van der Waals surface area contributed by atoms with Crippen molar-refractivity contribution in [3.63, 3.8) is 0 Å². The first-order valence-corrected chi connectivity index (χ1v) is 5.69. The second-order valence-corrected chi connectivity index (χ2v) is 5.08. The van der Waals surface area contributed by atoms with Crippen molar-refractivity contribution in [3.05, 3.63) is 16.4 Å². The van der Waals surface area contributed by atoms with E-state index in [1.807, 2.05) is 6.20 Å². The summed E-state index contributed by atoms with van der Waals surface area (Å²) in [5.41, 5.74) is 1.41. The Morgan fingerprint density at radius 3 is 2.85 bits per heavy atom. The molecule has 0 saturated heterocycles. The molecular weight excluding hydrogens is 228 g/mol. The van der Waals surface area contributed by atoms with Crippen LogP contribution in [0.4, 0.5) is 0 Å². The molecule has 0 unspecified atom stereocenters. The standard InChI is InChI=1S/C10H15BrN2/c1-7(2)6-13-10(8-3-4-8)9(11)5-12-13/h5,7-8H,3-4,6H2,1-2H3. The Labute approximate surface area is 87.5 Å². The van der Waals surface area contributed by atoms with Crippen LogP contribution in [0.3, 0.4) is 0 Å². The van der Waals surface area contributed by atoms with E-state index < -0.39 is 0 Å². The molecule has 1 aliphatic carbocycles. The summed E-state index contributed by atoms with van der Waals surface area (Å²) >= 11 is 3.56. The molecule has 72 valence electrons. The van der Waals surface area contributed by atoms with Crippen molar-refractivity contribution < 1.29 is 0 Å². The third-order valence-electron chi connectivity index (χ3n) is 2.34. The smallest absolute Gasteiger partial charge is 0.0635 e. The summed E-state index contributed by atoms with van der Waals surface area (Å²) in [4.78, 5) is 0. The first-order chi connectivity index (χ1) is 6.18. The Hall–Kier alpha value is -0.310. The van der Waals surface area contributed by atoms with Gasteiger partial charge >= 0.3 is 0 Å². The molecule has 3 heteroatoms. The third-order valence-corrected chi connectivity index (χ3v) is 2.95. The van der Waals surface area contributed by atoms with E-state index in [9.17, 15) is 0 Å². The van der Waals surface area contributed by atoms with E-state index in [2.05, 4.69) is 39.6 Å². The van der Waals surface area contributed by atoms with Crippen LogP contribution in [0, 0.1) is 5.92 Å². The second-order valence-electron chi connectivity index (χ2n) is 4.23. The molecule has 0 radical (unpaired) electrons. The lowest BCUT2D eigenvalue weighted by Crippen LogP contribution is -2.09. The second kappa shape index (κ2) is 3.45. The van der Waals surface area contributed by atoms with Crippen LogP contribution in [-0.2, 0) is 6.54 Å². The van der Waals surface area contributed by atoms with Gasteiger partial charge in [-0.25, -0.2) is 0 Å². The molecular formula is C10H15BrN2. The van der Waals surface area contributed by atoms with Crippen LogP contribution in [0.1, 0.15) is 38.3 Å². The Kier molecular flexibility index (Phi) is 2.45. The lowest BCUT2D eigenvalue weighted by atomic mass is 10.2. The van der Waals surface area contributed by atoms with Gasteiger partial charge in [-0.3, -0.25) is 4.68 Å². The molecule has 1 fully saturated rings. The van der Waals surface area contributed by atoms with Crippen molar-refractivity contribution in [3.8, 4) is 0 Å². The molecule has 1 aromatic heterocycles. The van der Waals surface area contributed by atoms with E-state index in [0.29, 0.717) is 5.92 Å². The van der Waals surface area contributed by atoms with Crippen molar-refractivity contribution in [1.82, 2.24) is 9.78 Å². The predicted molar refractivity (Wildman–Crippen MR) is 56.7 cm³/mol. The lowest BCUT2D eigenvalue weighted by Gasteiger charge is -2.09. The number of rotatable bonds is 3. The fraction of sp³-hybridized carbons (Fsp3) is 0.700. The van der Waals surface area contributed by atoms with E-state index in [1.165, 1.54) is 23.0 Å². The molecule has 0 atom stereocenters. The molecule has 0 aromatic carbocycles. The average Bonchev–Trinajstić information content (AvgIpc) is 2.79. The third kappa shape index (κ3) is 1.96. The molecule has 1 aliphatic rings. The summed E-state index contributed by atoms with van der Waals surface area (Å²) in [7, 11) is 0. The monoisotopic (exact) mass is 242 g/mol. The van der Waals surface area contributed by atoms with Crippen LogP contribution in [-0.4, -0.2) is 9.78 Å². The molecule has 2 rings (SSSR count). The van der Waals surface area contributed by atoms with Gasteiger partial charge in [0.1, 0.15) is 0 Å². The lowest BCUT2D eigenvalue weighted by molar-refractivity contribution is 0.468. The van der Waals surface area contributed by atoms with Gasteiger partial charge in [0.05, 0.1) is 16.4 Å². The maximum Gasteiger partial charge on any atom is 0.0635 e. The maximum absolute atomic E-state index is 4.39. The van der Waals surface area contributed by atoms with Crippen molar-refractivity contribution >= 4 is 15.9 Å². The highest BCUT2D eigenvalue weighted by Gasteiger charge is 2.29. The van der Waals surface area contributed by atoms with Crippen molar-refractivity contribution in [2.75, 3.05) is 0 Å². The topological polar surface area (TPSA) is 17.8 Å². The quantitative estimate of drug-likeness (QED) is 0.797. The minimum absolute atomic E-state index is 0.671. The van der Waals surface area contributed by atoms with E-state index >= 15 is 0 Å². The summed E-state index contributed by atoms with van der Waals surface area (Å²) < 4.78 is 3.35. The molecule has 2 nitrogen and oxygen atoms in total. The van der Waals surface area contributed by atoms with Gasteiger partial charge in [0, 0.05) is 12.5 Å². The average molecular weight is 243 g/mol. The van der Waals surface area contributed by atoms with Gasteiger partial charge in [-0.2, -0.15) is 5.10 Å². The molecule has 0 N–H and O–H groups in total. The summed E-state index contributed by atoms with van der Waals surface area (Å²) in [6.07, 6.45) is 4.60. The molecule has 0 bridgehead atoms. The first-order valence-electron chi connectivity index (χ1n) is 4.89. The Balaban J connectivity index is 2.23. The van der Waals surface area contributed by atoms with Crippen molar-refractivity contribution in [2.24, 2.45) is 5.92 Å². The first kappa shape index (κ1) is 9.25. The molecule has 1 aromatic rings. The summed E-state index contributed by atoms with van der Waals surface area (Å²) in [6.45, 7) is 5.50. The van der Waals surface area contributed by atoms with Crippen LogP contribution >= 0.6 is 15.9 Å². The Bertz CT molecular complexity index is 300. The van der Waals surface area contributed by atoms with Crippen LogP contribution < -0.4 is 0 Å². The molecule has 0 spiro atoms. The van der Waals surface area contributed by atoms with E-state index in [-0.39, 0.29) is 0 Å². The zero-order valence-electron chi connectivity index (χ0n) is 8.13. The minimum Gasteiger partial charge on any atom is -0.268 e. The highest BCUT2D eigenvalue weighted by molar-refractivity contribution is 9.10. The SMILES string of the molecule is CC(C)Cn1ncc(Br)c1C1CC1. The number of hydrogen-bond acceptors (Lipinski definition) is 1. The van der Waals surface area contributed by atoms with Crippen LogP contribution in [0.15, 0.2) is 10.7 Å². The summed E-state index contributed by atoms with van der Waals surface area (Å²) in [5, 5.41) is 4.39. The molecule has 13 heavy (non-hydrogen) atoms. The molecule has 1 heterocycles. The summed E-state index contributed by atoms with van der Waals surface area (Å²) in [6, 6.07) is 0. The predicted octanol–water partition coefficient (Wildman–Crippen LogP) is 3.18. The normalized spacial score (nSPS) is 16.9. The minimum atomic E-state index is 0.671. The van der Waals surface area contributed by atoms with Gasteiger partial charge in [0.25, 0.3) is 0 Å². The fourth-order valence-corrected chi connectivity index (χ4v) is 2.25. The van der Waals surface area contributed by atoms with E-state index in [1.54, 1.807) is 0 Å². The number of halogens is 1. The maximum atomic E-state index is 4.39. The van der Waals surface area contributed by atoms with Gasteiger partial charge in [0.2, 0.25) is 0 Å². The van der Waals surface area contributed by atoms with Gasteiger partial charge in [-0.15, -0.1) is 0 Å². The number of hydrogen-bond donors (Lipinski definition) is 0. The molecule has 0 aliphatic heterocycles. The number of nitrogens with zero attached hydrogens (tertiary/aromatic N) is 2. The van der Waals surface area contributed by atoms with Crippen molar-refractivity contribution in [1.29, 1.82) is 0 Å².